The minimum Gasteiger partial charge on any atom is -0.481 e. The van der Waals surface area contributed by atoms with Gasteiger partial charge in [0, 0.05) is 27.3 Å². The van der Waals surface area contributed by atoms with Crippen molar-refractivity contribution < 1.29 is 24.2 Å². The lowest BCUT2D eigenvalue weighted by atomic mass is 9.72. The lowest BCUT2D eigenvalue weighted by Gasteiger charge is -2.36. The molecule has 0 spiro atoms. The van der Waals surface area contributed by atoms with Crippen LogP contribution in [0.4, 0.5) is 0 Å². The molecule has 0 aliphatic heterocycles. The standard InChI is InChI=1S/C15H27NO5/c1-12(17)21-14(2,3)20-11-16-10-15(9-13(18)19)7-5-4-6-8-15/h16H,4-11H2,1-3H3,(H,18,19). The smallest absolute Gasteiger partial charge is 0.305 e. The summed E-state index contributed by atoms with van der Waals surface area (Å²) in [7, 11) is 0. The summed E-state index contributed by atoms with van der Waals surface area (Å²) in [6.45, 7) is 5.51. The van der Waals surface area contributed by atoms with Crippen LogP contribution in [0.1, 0.15) is 59.3 Å². The number of carbonyl (C=O) groups excluding carboxylic acids is 1. The van der Waals surface area contributed by atoms with Gasteiger partial charge in [0.05, 0.1) is 6.42 Å². The Bertz CT molecular complexity index is 361. The van der Waals surface area contributed by atoms with E-state index in [0.29, 0.717) is 6.54 Å². The normalized spacial score (nSPS) is 18.2. The van der Waals surface area contributed by atoms with E-state index in [-0.39, 0.29) is 18.6 Å². The van der Waals surface area contributed by atoms with Crippen molar-refractivity contribution >= 4 is 11.9 Å². The second-order valence-electron chi connectivity index (χ2n) is 6.34. The zero-order valence-electron chi connectivity index (χ0n) is 13.2. The molecule has 0 aromatic rings. The average molecular weight is 301 g/mol. The van der Waals surface area contributed by atoms with Gasteiger partial charge in [-0.05, 0) is 18.3 Å². The second kappa shape index (κ2) is 7.75. The Balaban J connectivity index is 2.40. The minimum atomic E-state index is -0.981. The van der Waals surface area contributed by atoms with Gasteiger partial charge in [0.2, 0.25) is 5.79 Å². The molecule has 1 aliphatic rings. The predicted octanol–water partition coefficient (Wildman–Crippen LogP) is 2.27. The number of carboxylic acids is 1. The molecule has 0 bridgehead atoms. The van der Waals surface area contributed by atoms with Crippen LogP contribution in [-0.2, 0) is 19.1 Å². The fourth-order valence-electron chi connectivity index (χ4n) is 2.96. The Morgan fingerprint density at radius 3 is 2.38 bits per heavy atom. The van der Waals surface area contributed by atoms with Crippen molar-refractivity contribution in [2.75, 3.05) is 13.3 Å². The van der Waals surface area contributed by atoms with Gasteiger partial charge in [-0.1, -0.05) is 19.3 Å². The highest BCUT2D eigenvalue weighted by Crippen LogP contribution is 2.38. The topological polar surface area (TPSA) is 84.9 Å². The second-order valence-corrected chi connectivity index (χ2v) is 6.34. The molecule has 1 saturated carbocycles. The SMILES string of the molecule is CC(=O)OC(C)(C)OCNCC1(CC(=O)O)CCCCC1. The highest BCUT2D eigenvalue weighted by atomic mass is 16.7. The number of esters is 1. The van der Waals surface area contributed by atoms with Crippen molar-refractivity contribution in [3.63, 3.8) is 0 Å². The Labute approximate surface area is 126 Å². The van der Waals surface area contributed by atoms with Gasteiger partial charge in [0.15, 0.2) is 0 Å². The van der Waals surface area contributed by atoms with E-state index in [0.717, 1.165) is 25.7 Å². The lowest BCUT2D eigenvalue weighted by molar-refractivity contribution is -0.216. The van der Waals surface area contributed by atoms with E-state index in [4.69, 9.17) is 14.6 Å². The molecule has 0 aromatic heterocycles. The fraction of sp³-hybridized carbons (Fsp3) is 0.867. The summed E-state index contributed by atoms with van der Waals surface area (Å²) >= 11 is 0. The average Bonchev–Trinajstić information content (AvgIpc) is 2.33. The van der Waals surface area contributed by atoms with Gasteiger partial charge >= 0.3 is 11.9 Å². The summed E-state index contributed by atoms with van der Waals surface area (Å²) in [5, 5.41) is 12.3. The van der Waals surface area contributed by atoms with Gasteiger partial charge < -0.3 is 14.6 Å². The summed E-state index contributed by atoms with van der Waals surface area (Å²) in [5.41, 5.74) is -0.182. The molecule has 1 aliphatic carbocycles. The van der Waals surface area contributed by atoms with E-state index < -0.39 is 17.7 Å². The highest BCUT2D eigenvalue weighted by molar-refractivity contribution is 5.67. The lowest BCUT2D eigenvalue weighted by Crippen LogP contribution is -2.41. The van der Waals surface area contributed by atoms with Gasteiger partial charge in [-0.2, -0.15) is 0 Å². The first-order chi connectivity index (χ1) is 9.75. The highest BCUT2D eigenvalue weighted by Gasteiger charge is 2.34. The largest absolute Gasteiger partial charge is 0.481 e. The summed E-state index contributed by atoms with van der Waals surface area (Å²) in [5.74, 6) is -2.12. The first-order valence-electron chi connectivity index (χ1n) is 7.51. The van der Waals surface area contributed by atoms with Crippen molar-refractivity contribution in [1.82, 2.24) is 5.32 Å². The van der Waals surface area contributed by atoms with Gasteiger partial charge in [-0.15, -0.1) is 0 Å². The Morgan fingerprint density at radius 1 is 1.24 bits per heavy atom. The molecule has 0 saturated heterocycles. The van der Waals surface area contributed by atoms with Crippen LogP contribution in [0.15, 0.2) is 0 Å². The molecule has 0 atom stereocenters. The van der Waals surface area contributed by atoms with Crippen molar-refractivity contribution in [2.45, 2.75) is 65.1 Å². The maximum absolute atomic E-state index is 11.1. The molecule has 6 nitrogen and oxygen atoms in total. The van der Waals surface area contributed by atoms with Crippen LogP contribution in [0.2, 0.25) is 0 Å². The number of ether oxygens (including phenoxy) is 2. The van der Waals surface area contributed by atoms with Crippen LogP contribution in [0, 0.1) is 5.41 Å². The van der Waals surface area contributed by atoms with Gasteiger partial charge in [0.25, 0.3) is 0 Å². The predicted molar refractivity (Wildman–Crippen MR) is 77.6 cm³/mol. The van der Waals surface area contributed by atoms with Crippen molar-refractivity contribution in [1.29, 1.82) is 0 Å². The van der Waals surface area contributed by atoms with E-state index in [1.165, 1.54) is 13.3 Å². The quantitative estimate of drug-likeness (QED) is 0.406. The minimum absolute atomic E-state index is 0.182. The fourth-order valence-corrected chi connectivity index (χ4v) is 2.96. The number of carboxylic acid groups (broad SMARTS) is 1. The molecule has 0 heterocycles. The van der Waals surface area contributed by atoms with Crippen LogP contribution in [0.25, 0.3) is 0 Å². The Hall–Kier alpha value is -1.14. The van der Waals surface area contributed by atoms with E-state index >= 15 is 0 Å². The first kappa shape index (κ1) is 17.9. The van der Waals surface area contributed by atoms with Crippen LogP contribution in [0.3, 0.4) is 0 Å². The van der Waals surface area contributed by atoms with Gasteiger partial charge in [-0.25, -0.2) is 0 Å². The third-order valence-electron chi connectivity index (χ3n) is 3.85. The van der Waals surface area contributed by atoms with E-state index in [9.17, 15) is 9.59 Å². The molecule has 21 heavy (non-hydrogen) atoms. The molecule has 0 unspecified atom stereocenters. The van der Waals surface area contributed by atoms with E-state index in [1.54, 1.807) is 13.8 Å². The Kier molecular flexibility index (Phi) is 6.61. The zero-order chi connectivity index (χ0) is 15.9. The zero-order valence-corrected chi connectivity index (χ0v) is 13.2. The third-order valence-corrected chi connectivity index (χ3v) is 3.85. The summed E-state index contributed by atoms with van der Waals surface area (Å²) in [6.07, 6.45) is 5.38. The molecule has 2 N–H and O–H groups in total. The maximum atomic E-state index is 11.1. The van der Waals surface area contributed by atoms with Crippen molar-refractivity contribution in [2.24, 2.45) is 5.41 Å². The van der Waals surface area contributed by atoms with Crippen molar-refractivity contribution in [3.05, 3.63) is 0 Å². The van der Waals surface area contributed by atoms with Crippen LogP contribution < -0.4 is 5.32 Å². The third kappa shape index (κ3) is 6.91. The number of rotatable bonds is 8. The number of nitrogens with one attached hydrogen (secondary N) is 1. The molecule has 122 valence electrons. The molecule has 0 amide bonds. The molecular weight excluding hydrogens is 274 g/mol. The summed E-state index contributed by atoms with van der Waals surface area (Å²) < 4.78 is 10.5. The van der Waals surface area contributed by atoms with Gasteiger partial charge in [0.1, 0.15) is 6.73 Å². The number of aliphatic carboxylic acids is 1. The molecule has 1 fully saturated rings. The molecule has 6 heteroatoms. The molecule has 0 aromatic carbocycles. The Morgan fingerprint density at radius 2 is 1.86 bits per heavy atom. The van der Waals surface area contributed by atoms with Crippen molar-refractivity contribution in [3.8, 4) is 0 Å². The molecule has 1 rings (SSSR count). The van der Waals surface area contributed by atoms with Gasteiger partial charge in [-0.3, -0.25) is 14.9 Å². The maximum Gasteiger partial charge on any atom is 0.305 e. The first-order valence-corrected chi connectivity index (χ1v) is 7.51. The monoisotopic (exact) mass is 301 g/mol. The van der Waals surface area contributed by atoms with Crippen LogP contribution in [-0.4, -0.2) is 36.1 Å². The van der Waals surface area contributed by atoms with E-state index in [1.807, 2.05) is 0 Å². The van der Waals surface area contributed by atoms with E-state index in [2.05, 4.69) is 5.32 Å². The summed E-state index contributed by atoms with van der Waals surface area (Å²) in [4.78, 5) is 22.0. The van der Waals surface area contributed by atoms with Crippen LogP contribution >= 0.6 is 0 Å². The molecular formula is C15H27NO5. The number of hydrogen-bond donors (Lipinski definition) is 2. The number of hydrogen-bond acceptors (Lipinski definition) is 5. The number of carbonyl (C=O) groups is 2. The summed E-state index contributed by atoms with van der Waals surface area (Å²) in [6, 6.07) is 0. The molecule has 0 radical (unpaired) electrons. The van der Waals surface area contributed by atoms with Crippen LogP contribution in [0.5, 0.6) is 0 Å².